The van der Waals surface area contributed by atoms with Crippen molar-refractivity contribution in [2.24, 2.45) is 0 Å². The first-order chi connectivity index (χ1) is 17.0. The molecule has 0 atom stereocenters. The van der Waals surface area contributed by atoms with Gasteiger partial charge in [0.15, 0.2) is 5.30 Å². The molecule has 0 aliphatic carbocycles. The van der Waals surface area contributed by atoms with Gasteiger partial charge in [-0.15, -0.1) is 0 Å². The summed E-state index contributed by atoms with van der Waals surface area (Å²) < 4.78 is 0. The minimum atomic E-state index is -2.68. The van der Waals surface area contributed by atoms with E-state index in [1.54, 1.807) is 18.2 Å². The van der Waals surface area contributed by atoms with Gasteiger partial charge in [0, 0.05) is 10.6 Å². The van der Waals surface area contributed by atoms with E-state index < -0.39 is 7.26 Å². The summed E-state index contributed by atoms with van der Waals surface area (Å²) in [4.78, 5) is 21.6. The molecule has 0 saturated carbocycles. The Labute approximate surface area is 219 Å². The molecule has 1 N–H and O–H groups in total. The van der Waals surface area contributed by atoms with Gasteiger partial charge in [-0.25, -0.2) is 0 Å². The Morgan fingerprint density at radius 2 is 1.20 bits per heavy atom. The van der Waals surface area contributed by atoms with E-state index in [-0.39, 0.29) is 10.6 Å². The Morgan fingerprint density at radius 3 is 1.63 bits per heavy atom. The van der Waals surface area contributed by atoms with Crippen molar-refractivity contribution in [2.45, 2.75) is 5.03 Å². The van der Waals surface area contributed by atoms with Crippen molar-refractivity contribution in [3.05, 3.63) is 130 Å². The minimum Gasteiger partial charge on any atom is -0.756 e. The highest BCUT2D eigenvalue weighted by atomic mass is 35.5. The molecule has 0 aliphatic rings. The van der Waals surface area contributed by atoms with Crippen molar-refractivity contribution in [3.63, 3.8) is 0 Å². The first-order valence-electron chi connectivity index (χ1n) is 10.8. The zero-order valence-corrected chi connectivity index (χ0v) is 21.6. The number of aromatic amines is 1. The normalized spacial score (nSPS) is 11.4. The van der Waals surface area contributed by atoms with Crippen molar-refractivity contribution in [1.82, 2.24) is 9.97 Å². The second-order valence-electron chi connectivity index (χ2n) is 7.87. The third-order valence-electron chi connectivity index (χ3n) is 5.82. The second kappa shape index (κ2) is 9.93. The molecule has 0 spiro atoms. The summed E-state index contributed by atoms with van der Waals surface area (Å²) in [6.07, 6.45) is 0. The van der Waals surface area contributed by atoms with E-state index in [0.717, 1.165) is 15.9 Å². The lowest BCUT2D eigenvalue weighted by Gasteiger charge is -2.29. The molecule has 0 radical (unpaired) electrons. The molecule has 35 heavy (non-hydrogen) atoms. The maximum Gasteiger partial charge on any atom is 0.293 e. The van der Waals surface area contributed by atoms with Crippen molar-refractivity contribution in [2.75, 3.05) is 0 Å². The molecule has 0 aliphatic heterocycles. The summed E-state index contributed by atoms with van der Waals surface area (Å²) in [5, 5.41) is 4.69. The van der Waals surface area contributed by atoms with Crippen LogP contribution >= 0.6 is 30.5 Å². The molecule has 5 aromatic rings. The highest BCUT2D eigenvalue weighted by Crippen LogP contribution is 2.53. The predicted octanol–water partition coefficient (Wildman–Crippen LogP) is 5.27. The summed E-state index contributed by atoms with van der Waals surface area (Å²) in [6, 6.07) is 35.3. The van der Waals surface area contributed by atoms with Crippen LogP contribution in [-0.2, 0) is 12.6 Å². The molecule has 0 saturated heterocycles. The van der Waals surface area contributed by atoms with Crippen molar-refractivity contribution in [1.29, 1.82) is 0 Å². The number of nitrogens with zero attached hydrogens (tertiary/aromatic N) is 1. The number of benzene rings is 4. The average molecular weight is 533 g/mol. The number of hydrogen-bond donors (Lipinski definition) is 1. The number of rotatable bonds is 5. The van der Waals surface area contributed by atoms with Gasteiger partial charge in [-0.1, -0.05) is 77.8 Å². The van der Waals surface area contributed by atoms with Crippen LogP contribution in [0.4, 0.5) is 0 Å². The van der Waals surface area contributed by atoms with Crippen molar-refractivity contribution >= 4 is 64.3 Å². The lowest BCUT2D eigenvalue weighted by molar-refractivity contribution is 1.06. The van der Waals surface area contributed by atoms with Gasteiger partial charge in [0.25, 0.3) is 5.56 Å². The van der Waals surface area contributed by atoms with Gasteiger partial charge in [-0.3, -0.25) is 9.78 Å². The Morgan fingerprint density at radius 1 is 0.714 bits per heavy atom. The van der Waals surface area contributed by atoms with E-state index in [1.807, 2.05) is 54.6 Å². The summed E-state index contributed by atoms with van der Waals surface area (Å²) in [6.45, 7) is 0. The summed E-state index contributed by atoms with van der Waals surface area (Å²) >= 11 is 18.3. The van der Waals surface area contributed by atoms with Crippen LogP contribution in [0.2, 0.25) is 10.0 Å². The molecule has 7 heteroatoms. The second-order valence-corrected chi connectivity index (χ2v) is 12.4. The fraction of sp³-hybridized carbons (Fsp3) is 0. The molecule has 3 nitrogen and oxygen atoms in total. The predicted molar refractivity (Wildman–Crippen MR) is 151 cm³/mol. The Bertz CT molecular complexity index is 1450. The molecule has 1 aromatic heterocycles. The quantitative estimate of drug-likeness (QED) is 0.190. The van der Waals surface area contributed by atoms with Crippen LogP contribution in [0.25, 0.3) is 11.4 Å². The Kier molecular flexibility index (Phi) is 6.73. The molecule has 0 amide bonds. The van der Waals surface area contributed by atoms with Gasteiger partial charge >= 0.3 is 0 Å². The van der Waals surface area contributed by atoms with Crippen LogP contribution in [0.1, 0.15) is 0 Å². The monoisotopic (exact) mass is 532 g/mol. The van der Waals surface area contributed by atoms with Gasteiger partial charge in [-0.2, -0.15) is 0 Å². The number of nitrogens with one attached hydrogen (secondary N) is 1. The third kappa shape index (κ3) is 4.28. The highest BCUT2D eigenvalue weighted by molar-refractivity contribution is 8.01. The van der Waals surface area contributed by atoms with E-state index in [0.29, 0.717) is 26.7 Å². The van der Waals surface area contributed by atoms with Gasteiger partial charge < -0.3 is 17.6 Å². The van der Waals surface area contributed by atoms with Gasteiger partial charge in [0.1, 0.15) is 29.0 Å². The van der Waals surface area contributed by atoms with Gasteiger partial charge in [0.05, 0.1) is 5.02 Å². The molecule has 172 valence electrons. The largest absolute Gasteiger partial charge is 0.756 e. The standard InChI is InChI=1S/C28H19Cl2N2OPS/c29-19-16-17-23(24(30)18-19)26-31-27(33)25(28(35)32-26)34(20-10-4-1-5-11-20,21-12-6-2-7-13-21)22-14-8-3-9-15-22/h1-18H,(H-,31,32,33,35). The Hall–Kier alpha value is -3.01. The zero-order chi connectivity index (χ0) is 24.4. The number of halogens is 2. The fourth-order valence-corrected chi connectivity index (χ4v) is 9.66. The topological polar surface area (TPSA) is 45.8 Å². The van der Waals surface area contributed by atoms with Crippen LogP contribution in [0.15, 0.2) is 119 Å². The molecule has 0 unspecified atom stereocenters. The molecule has 0 fully saturated rings. The third-order valence-corrected chi connectivity index (χ3v) is 11.1. The zero-order valence-electron chi connectivity index (χ0n) is 18.4. The lowest BCUT2D eigenvalue weighted by Crippen LogP contribution is -2.46. The SMILES string of the molecule is O=c1[nH]c(-c2ccc(Cl)cc2Cl)nc([S-])c1[P+](c1ccccc1)(c1ccccc1)c1ccccc1. The van der Waals surface area contributed by atoms with Crippen molar-refractivity contribution in [3.8, 4) is 11.4 Å². The molecule has 0 bridgehead atoms. The number of hydrogen-bond acceptors (Lipinski definition) is 3. The fourth-order valence-electron chi connectivity index (χ4n) is 4.34. The van der Waals surface area contributed by atoms with Crippen LogP contribution in [0.3, 0.4) is 0 Å². The highest BCUT2D eigenvalue weighted by Gasteiger charge is 2.50. The lowest BCUT2D eigenvalue weighted by atomic mass is 10.2. The smallest absolute Gasteiger partial charge is 0.293 e. The van der Waals surface area contributed by atoms with Crippen LogP contribution < -0.4 is 26.8 Å². The maximum absolute atomic E-state index is 14.0. The van der Waals surface area contributed by atoms with E-state index >= 15 is 0 Å². The van der Waals surface area contributed by atoms with Gasteiger partial charge in [0.2, 0.25) is 0 Å². The van der Waals surface area contributed by atoms with Crippen molar-refractivity contribution < 1.29 is 0 Å². The van der Waals surface area contributed by atoms with E-state index in [1.165, 1.54) is 0 Å². The van der Waals surface area contributed by atoms with E-state index in [4.69, 9.17) is 40.8 Å². The molecule has 5 rings (SSSR count). The number of aromatic nitrogens is 2. The Balaban J connectivity index is 1.87. The van der Waals surface area contributed by atoms with Crippen LogP contribution in [0, 0.1) is 0 Å². The molecular weight excluding hydrogens is 514 g/mol. The number of H-pyrrole nitrogens is 1. The summed E-state index contributed by atoms with van der Waals surface area (Å²) in [5.74, 6) is 0.317. The average Bonchev–Trinajstić information content (AvgIpc) is 2.88. The molecular formula is C28H19Cl2N2OPS. The maximum atomic E-state index is 14.0. The summed E-state index contributed by atoms with van der Waals surface area (Å²) in [7, 11) is -2.68. The van der Waals surface area contributed by atoms with Crippen LogP contribution in [0.5, 0.6) is 0 Å². The minimum absolute atomic E-state index is 0.250. The molecule has 1 heterocycles. The first-order valence-corrected chi connectivity index (χ1v) is 13.8. The molecule has 4 aromatic carbocycles. The summed E-state index contributed by atoms with van der Waals surface area (Å²) in [5.41, 5.74) is 0.282. The first kappa shape index (κ1) is 23.7. The van der Waals surface area contributed by atoms with Crippen LogP contribution in [-0.4, -0.2) is 9.97 Å². The van der Waals surface area contributed by atoms with Gasteiger partial charge in [-0.05, 0) is 59.6 Å². The van der Waals surface area contributed by atoms with E-state index in [9.17, 15) is 4.79 Å². The van der Waals surface area contributed by atoms with E-state index in [2.05, 4.69) is 41.4 Å².